The highest BCUT2D eigenvalue weighted by molar-refractivity contribution is 7.09. The molecule has 0 aliphatic heterocycles. The Morgan fingerprint density at radius 2 is 1.88 bits per heavy atom. The minimum atomic E-state index is 0.696. The van der Waals surface area contributed by atoms with Crippen molar-refractivity contribution in [1.29, 1.82) is 0 Å². The third-order valence-electron chi connectivity index (χ3n) is 1.77. The molecule has 0 amide bonds. The van der Waals surface area contributed by atoms with Gasteiger partial charge in [0.15, 0.2) is 0 Å². The average Bonchev–Trinajstić information content (AvgIpc) is 2.93. The first kappa shape index (κ1) is 15.3. The van der Waals surface area contributed by atoms with Gasteiger partial charge in [0.05, 0.1) is 5.01 Å². The molecule has 0 N–H and O–H groups in total. The summed E-state index contributed by atoms with van der Waals surface area (Å²) >= 11 is 3.43. The zero-order chi connectivity index (χ0) is 12.4. The highest BCUT2D eigenvalue weighted by atomic mass is 32.1. The van der Waals surface area contributed by atoms with E-state index in [0.29, 0.717) is 5.92 Å². The van der Waals surface area contributed by atoms with Crippen LogP contribution in [0.2, 0.25) is 0 Å². The van der Waals surface area contributed by atoms with Crippen LogP contribution in [0.15, 0.2) is 28.4 Å². The summed E-state index contributed by atoms with van der Waals surface area (Å²) in [6.07, 6.45) is 1.81. The van der Waals surface area contributed by atoms with Crippen LogP contribution in [0.25, 0.3) is 0 Å². The van der Waals surface area contributed by atoms with Gasteiger partial charge in [-0.3, -0.25) is 4.98 Å². The van der Waals surface area contributed by atoms with Crippen LogP contribution in [-0.4, -0.2) is 4.98 Å². The summed E-state index contributed by atoms with van der Waals surface area (Å²) in [5, 5.41) is 7.42. The minimum Gasteiger partial charge on any atom is -0.250 e. The van der Waals surface area contributed by atoms with Gasteiger partial charge in [-0.15, -0.1) is 11.3 Å². The Kier molecular flexibility index (Phi) is 9.15. The van der Waals surface area contributed by atoms with Crippen LogP contribution in [0.5, 0.6) is 0 Å². The molecule has 0 aliphatic carbocycles. The largest absolute Gasteiger partial charge is 0.250 e. The van der Waals surface area contributed by atoms with E-state index in [0.717, 1.165) is 5.01 Å². The SMILES string of the molecule is CC.CC(C)c1ccsc1.Cc1nccs1. The molecule has 2 rings (SSSR count). The van der Waals surface area contributed by atoms with Crippen molar-refractivity contribution in [1.82, 2.24) is 4.98 Å². The first-order valence-electron chi connectivity index (χ1n) is 5.58. The van der Waals surface area contributed by atoms with Gasteiger partial charge in [0.1, 0.15) is 0 Å². The average molecular weight is 255 g/mol. The molecule has 0 unspecified atom stereocenters. The summed E-state index contributed by atoms with van der Waals surface area (Å²) in [4.78, 5) is 3.94. The van der Waals surface area contributed by atoms with Gasteiger partial charge in [-0.05, 0) is 35.2 Å². The van der Waals surface area contributed by atoms with Crippen molar-refractivity contribution in [2.45, 2.75) is 40.5 Å². The normalized spacial score (nSPS) is 8.88. The molecule has 0 spiro atoms. The summed E-state index contributed by atoms with van der Waals surface area (Å²) in [6, 6.07) is 2.18. The summed E-state index contributed by atoms with van der Waals surface area (Å²) in [6.45, 7) is 10.4. The fraction of sp³-hybridized carbons (Fsp3) is 0.462. The van der Waals surface area contributed by atoms with Crippen LogP contribution in [0, 0.1) is 6.92 Å². The van der Waals surface area contributed by atoms with Crippen molar-refractivity contribution in [2.75, 3.05) is 0 Å². The van der Waals surface area contributed by atoms with Crippen molar-refractivity contribution in [3.8, 4) is 0 Å². The molecule has 2 heterocycles. The van der Waals surface area contributed by atoms with Crippen LogP contribution >= 0.6 is 22.7 Å². The Morgan fingerprint density at radius 1 is 1.19 bits per heavy atom. The van der Waals surface area contributed by atoms with Crippen molar-refractivity contribution in [2.24, 2.45) is 0 Å². The highest BCUT2D eigenvalue weighted by Gasteiger charge is 1.95. The van der Waals surface area contributed by atoms with Crippen LogP contribution < -0.4 is 0 Å². The number of aryl methyl sites for hydroxylation is 1. The van der Waals surface area contributed by atoms with E-state index >= 15 is 0 Å². The third kappa shape index (κ3) is 6.75. The Morgan fingerprint density at radius 3 is 2.06 bits per heavy atom. The number of thiophene rings is 1. The van der Waals surface area contributed by atoms with Gasteiger partial charge in [-0.1, -0.05) is 27.7 Å². The predicted molar refractivity (Wildman–Crippen MR) is 76.6 cm³/mol. The zero-order valence-corrected chi connectivity index (χ0v) is 12.4. The summed E-state index contributed by atoms with van der Waals surface area (Å²) in [5.74, 6) is 0.696. The molecule has 2 aromatic rings. The van der Waals surface area contributed by atoms with E-state index in [2.05, 4.69) is 35.7 Å². The predicted octanol–water partition coefficient (Wildman–Crippen LogP) is 5.35. The topological polar surface area (TPSA) is 12.9 Å². The fourth-order valence-corrected chi connectivity index (χ4v) is 2.16. The first-order chi connectivity index (χ1) is 7.70. The summed E-state index contributed by atoms with van der Waals surface area (Å²) < 4.78 is 0. The third-order valence-corrected chi connectivity index (χ3v) is 3.17. The lowest BCUT2D eigenvalue weighted by atomic mass is 10.1. The van der Waals surface area contributed by atoms with Crippen LogP contribution in [0.3, 0.4) is 0 Å². The molecule has 3 heteroatoms. The van der Waals surface area contributed by atoms with E-state index in [1.54, 1.807) is 28.9 Å². The number of rotatable bonds is 1. The Hall–Kier alpha value is -0.670. The van der Waals surface area contributed by atoms with E-state index in [1.165, 1.54) is 5.56 Å². The molecule has 90 valence electrons. The number of hydrogen-bond acceptors (Lipinski definition) is 3. The fourth-order valence-electron chi connectivity index (χ4n) is 0.898. The second kappa shape index (κ2) is 9.55. The maximum absolute atomic E-state index is 3.94. The van der Waals surface area contributed by atoms with E-state index < -0.39 is 0 Å². The van der Waals surface area contributed by atoms with Crippen LogP contribution in [0.1, 0.15) is 44.2 Å². The molecule has 0 bridgehead atoms. The number of aromatic nitrogens is 1. The van der Waals surface area contributed by atoms with Gasteiger partial charge in [0.2, 0.25) is 0 Å². The molecule has 0 aliphatic rings. The quantitative estimate of drug-likeness (QED) is 0.669. The summed E-state index contributed by atoms with van der Waals surface area (Å²) in [7, 11) is 0. The molecule has 0 saturated carbocycles. The molecule has 0 saturated heterocycles. The highest BCUT2D eigenvalue weighted by Crippen LogP contribution is 2.16. The molecule has 0 fully saturated rings. The Balaban J connectivity index is 0.000000251. The van der Waals surface area contributed by atoms with Crippen molar-refractivity contribution in [3.63, 3.8) is 0 Å². The van der Waals surface area contributed by atoms with Gasteiger partial charge in [-0.2, -0.15) is 11.3 Å². The first-order valence-corrected chi connectivity index (χ1v) is 7.40. The van der Waals surface area contributed by atoms with Crippen molar-refractivity contribution >= 4 is 22.7 Å². The molecular weight excluding hydrogens is 234 g/mol. The second-order valence-electron chi connectivity index (χ2n) is 3.26. The van der Waals surface area contributed by atoms with Crippen molar-refractivity contribution in [3.05, 3.63) is 39.0 Å². The second-order valence-corrected chi connectivity index (χ2v) is 5.14. The maximum Gasteiger partial charge on any atom is 0.0893 e. The van der Waals surface area contributed by atoms with E-state index in [4.69, 9.17) is 0 Å². The maximum atomic E-state index is 3.94. The van der Waals surface area contributed by atoms with Crippen molar-refractivity contribution < 1.29 is 0 Å². The van der Waals surface area contributed by atoms with E-state index in [1.807, 2.05) is 26.2 Å². The molecule has 0 aromatic carbocycles. The molecular formula is C13H21NS2. The number of thiazole rings is 1. The lowest BCUT2D eigenvalue weighted by molar-refractivity contribution is 0.872. The van der Waals surface area contributed by atoms with Gasteiger partial charge in [-0.25, -0.2) is 0 Å². The Labute approximate surface area is 107 Å². The zero-order valence-electron chi connectivity index (χ0n) is 10.7. The van der Waals surface area contributed by atoms with Crippen LogP contribution in [0.4, 0.5) is 0 Å². The number of hydrogen-bond donors (Lipinski definition) is 0. The molecule has 2 aromatic heterocycles. The van der Waals surface area contributed by atoms with E-state index in [9.17, 15) is 0 Å². The lowest BCUT2D eigenvalue weighted by Crippen LogP contribution is -1.79. The van der Waals surface area contributed by atoms with Gasteiger partial charge >= 0.3 is 0 Å². The Bertz CT molecular complexity index is 323. The van der Waals surface area contributed by atoms with Crippen LogP contribution in [-0.2, 0) is 0 Å². The molecule has 0 atom stereocenters. The van der Waals surface area contributed by atoms with E-state index in [-0.39, 0.29) is 0 Å². The van der Waals surface area contributed by atoms with Gasteiger partial charge < -0.3 is 0 Å². The molecule has 16 heavy (non-hydrogen) atoms. The smallest absolute Gasteiger partial charge is 0.0893 e. The monoisotopic (exact) mass is 255 g/mol. The summed E-state index contributed by atoms with van der Waals surface area (Å²) in [5.41, 5.74) is 1.45. The standard InChI is InChI=1S/C7H10S.C4H5NS.C2H6/c1-6(2)7-3-4-8-5-7;1-4-5-2-3-6-4;1-2/h3-6H,1-2H3;2-3H,1H3;1-2H3. The molecule has 0 radical (unpaired) electrons. The van der Waals surface area contributed by atoms with Gasteiger partial charge in [0.25, 0.3) is 0 Å². The lowest BCUT2D eigenvalue weighted by Gasteiger charge is -1.96. The minimum absolute atomic E-state index is 0.696. The number of nitrogens with zero attached hydrogens (tertiary/aromatic N) is 1. The van der Waals surface area contributed by atoms with Gasteiger partial charge in [0, 0.05) is 11.6 Å². The molecule has 1 nitrogen and oxygen atoms in total.